The van der Waals surface area contributed by atoms with Gasteiger partial charge in [0.05, 0.1) is 5.25 Å². The van der Waals surface area contributed by atoms with Gasteiger partial charge in [0.2, 0.25) is 15.9 Å². The predicted octanol–water partition coefficient (Wildman–Crippen LogP) is 2.93. The third-order valence-electron chi connectivity index (χ3n) is 8.80. The lowest BCUT2D eigenvalue weighted by atomic mass is 9.69. The van der Waals surface area contributed by atoms with Crippen LogP contribution in [0.15, 0.2) is 18.2 Å². The lowest BCUT2D eigenvalue weighted by Crippen LogP contribution is -2.40. The standard InChI is InChI=1S/C22H27NO5S/c1-21(2)13-6-7-22(21)12-23(29(25,26)18(22)10-13)20(24)16-11-15(16)14-4-3-5-17-19(14)28-9-8-27-17/h3-5,13,15-16,18H,6-12H2,1-2H3/t13?,15-,16+,18?,22?/m0/s1. The largest absolute Gasteiger partial charge is 0.486 e. The summed E-state index contributed by atoms with van der Waals surface area (Å²) in [5.74, 6) is 1.41. The van der Waals surface area contributed by atoms with Gasteiger partial charge in [0.25, 0.3) is 0 Å². The maximum atomic E-state index is 13.4. The molecule has 3 unspecified atom stereocenters. The molecule has 5 aliphatic rings. The number of rotatable bonds is 2. The Hall–Kier alpha value is -1.76. The van der Waals surface area contributed by atoms with E-state index < -0.39 is 10.0 Å². The Bertz CT molecular complexity index is 1020. The average molecular weight is 418 g/mol. The number of ether oxygens (including phenoxy) is 2. The predicted molar refractivity (Wildman–Crippen MR) is 106 cm³/mol. The molecule has 0 N–H and O–H groups in total. The van der Waals surface area contributed by atoms with E-state index in [1.165, 1.54) is 4.31 Å². The van der Waals surface area contributed by atoms with Crippen LogP contribution < -0.4 is 9.47 Å². The first-order valence-electron chi connectivity index (χ1n) is 10.7. The van der Waals surface area contributed by atoms with E-state index in [9.17, 15) is 13.2 Å². The number of benzene rings is 1. The van der Waals surface area contributed by atoms with E-state index in [0.29, 0.717) is 44.3 Å². The molecule has 1 aromatic carbocycles. The Labute approximate surface area is 171 Å². The molecule has 1 saturated heterocycles. The van der Waals surface area contributed by atoms with E-state index in [1.54, 1.807) is 0 Å². The maximum absolute atomic E-state index is 13.4. The van der Waals surface area contributed by atoms with Gasteiger partial charge in [0.1, 0.15) is 13.2 Å². The molecule has 2 heterocycles. The normalized spacial score (nSPS) is 40.0. The van der Waals surface area contributed by atoms with E-state index >= 15 is 0 Å². The number of hydrogen-bond acceptors (Lipinski definition) is 5. The highest BCUT2D eigenvalue weighted by atomic mass is 32.2. The van der Waals surface area contributed by atoms with Crippen LogP contribution in [0.1, 0.15) is 51.0 Å². The van der Waals surface area contributed by atoms with Crippen molar-refractivity contribution in [2.24, 2.45) is 22.7 Å². The monoisotopic (exact) mass is 417 g/mol. The summed E-state index contributed by atoms with van der Waals surface area (Å²) in [7, 11) is -3.58. The zero-order chi connectivity index (χ0) is 20.2. The van der Waals surface area contributed by atoms with Crippen molar-refractivity contribution in [2.45, 2.75) is 50.7 Å². The average Bonchev–Trinajstić information content (AvgIpc) is 3.36. The third kappa shape index (κ3) is 2.12. The molecule has 7 heteroatoms. The number of fused-ring (bicyclic) bond motifs is 2. The van der Waals surface area contributed by atoms with Crippen LogP contribution in [0.3, 0.4) is 0 Å². The summed E-state index contributed by atoms with van der Waals surface area (Å²) in [6.07, 6.45) is 3.39. The lowest BCUT2D eigenvalue weighted by molar-refractivity contribution is -0.128. The second-order valence-electron chi connectivity index (χ2n) is 10.0. The van der Waals surface area contributed by atoms with E-state index in [0.717, 1.165) is 24.2 Å². The maximum Gasteiger partial charge on any atom is 0.240 e. The number of nitrogens with zero attached hydrogens (tertiary/aromatic N) is 1. The topological polar surface area (TPSA) is 72.9 Å². The van der Waals surface area contributed by atoms with Crippen molar-refractivity contribution in [1.82, 2.24) is 4.31 Å². The molecule has 0 radical (unpaired) electrons. The summed E-state index contributed by atoms with van der Waals surface area (Å²) in [6, 6.07) is 5.77. The Morgan fingerprint density at radius 3 is 2.72 bits per heavy atom. The molecule has 29 heavy (non-hydrogen) atoms. The van der Waals surface area contributed by atoms with Crippen LogP contribution in [0, 0.1) is 22.7 Å². The van der Waals surface area contributed by atoms with Gasteiger partial charge in [-0.25, -0.2) is 12.7 Å². The lowest BCUT2D eigenvalue weighted by Gasteiger charge is -2.36. The molecule has 2 aliphatic heterocycles. The van der Waals surface area contributed by atoms with Gasteiger partial charge < -0.3 is 9.47 Å². The van der Waals surface area contributed by atoms with Crippen molar-refractivity contribution in [1.29, 1.82) is 0 Å². The highest BCUT2D eigenvalue weighted by molar-refractivity contribution is 7.90. The number of amides is 1. The van der Waals surface area contributed by atoms with Crippen LogP contribution in [-0.2, 0) is 14.8 Å². The Morgan fingerprint density at radius 2 is 1.97 bits per heavy atom. The van der Waals surface area contributed by atoms with Crippen molar-refractivity contribution >= 4 is 15.9 Å². The Balaban J connectivity index is 1.29. The minimum atomic E-state index is -3.58. The summed E-state index contributed by atoms with van der Waals surface area (Å²) < 4.78 is 39.4. The van der Waals surface area contributed by atoms with Crippen molar-refractivity contribution in [3.63, 3.8) is 0 Å². The van der Waals surface area contributed by atoms with Crippen LogP contribution in [0.5, 0.6) is 11.5 Å². The first-order chi connectivity index (χ1) is 13.8. The van der Waals surface area contributed by atoms with Gasteiger partial charge in [-0.05, 0) is 43.1 Å². The van der Waals surface area contributed by atoms with Crippen molar-refractivity contribution < 1.29 is 22.7 Å². The van der Waals surface area contributed by atoms with Gasteiger partial charge in [0.15, 0.2) is 11.5 Å². The molecular formula is C22H27NO5S. The first kappa shape index (κ1) is 18.0. The molecule has 6 rings (SSSR count). The van der Waals surface area contributed by atoms with E-state index in [2.05, 4.69) is 13.8 Å². The van der Waals surface area contributed by atoms with E-state index in [1.807, 2.05) is 18.2 Å². The Morgan fingerprint density at radius 1 is 1.17 bits per heavy atom. The molecule has 1 spiro atoms. The molecule has 5 atom stereocenters. The summed E-state index contributed by atoms with van der Waals surface area (Å²) in [5.41, 5.74) is 0.683. The zero-order valence-electron chi connectivity index (χ0n) is 16.9. The quantitative estimate of drug-likeness (QED) is 0.740. The summed E-state index contributed by atoms with van der Waals surface area (Å²) in [4.78, 5) is 13.4. The molecule has 3 saturated carbocycles. The van der Waals surface area contributed by atoms with Gasteiger partial charge in [0, 0.05) is 29.4 Å². The van der Waals surface area contributed by atoms with E-state index in [4.69, 9.17) is 9.47 Å². The molecular weight excluding hydrogens is 390 g/mol. The van der Waals surface area contributed by atoms with Crippen molar-refractivity contribution in [2.75, 3.05) is 19.8 Å². The molecule has 3 aliphatic carbocycles. The number of sulfonamides is 1. The van der Waals surface area contributed by atoms with Crippen LogP contribution in [-0.4, -0.2) is 43.6 Å². The van der Waals surface area contributed by atoms with Gasteiger partial charge >= 0.3 is 0 Å². The molecule has 1 aromatic rings. The SMILES string of the molecule is CC1(C)C2CCC13CN(C(=O)[C@@H]1C[C@H]1c1cccc4c1OCCO4)S(=O)(=O)C3C2. The van der Waals surface area contributed by atoms with Crippen molar-refractivity contribution in [3.8, 4) is 11.5 Å². The van der Waals surface area contributed by atoms with Crippen LogP contribution in [0.2, 0.25) is 0 Å². The molecule has 6 nitrogen and oxygen atoms in total. The zero-order valence-corrected chi connectivity index (χ0v) is 17.7. The Kier molecular flexibility index (Phi) is 3.41. The minimum Gasteiger partial charge on any atom is -0.486 e. The number of para-hydroxylation sites is 1. The van der Waals surface area contributed by atoms with E-state index in [-0.39, 0.29) is 33.8 Å². The first-order valence-corrected chi connectivity index (χ1v) is 12.2. The number of carbonyl (C=O) groups is 1. The summed E-state index contributed by atoms with van der Waals surface area (Å²) in [5, 5.41) is -0.383. The highest BCUT2D eigenvalue weighted by Crippen LogP contribution is 2.70. The molecule has 1 amide bonds. The van der Waals surface area contributed by atoms with Crippen molar-refractivity contribution in [3.05, 3.63) is 23.8 Å². The second-order valence-corrected chi connectivity index (χ2v) is 12.1. The molecule has 0 aromatic heterocycles. The van der Waals surface area contributed by atoms with Crippen LogP contribution in [0.25, 0.3) is 0 Å². The molecule has 156 valence electrons. The third-order valence-corrected chi connectivity index (χ3v) is 11.1. The summed E-state index contributed by atoms with van der Waals surface area (Å²) >= 11 is 0. The van der Waals surface area contributed by atoms with Gasteiger partial charge in [-0.1, -0.05) is 26.0 Å². The second kappa shape index (κ2) is 5.48. The fraction of sp³-hybridized carbons (Fsp3) is 0.682. The van der Waals surface area contributed by atoms with Crippen LogP contribution in [0.4, 0.5) is 0 Å². The smallest absolute Gasteiger partial charge is 0.240 e. The minimum absolute atomic E-state index is 0.0108. The summed E-state index contributed by atoms with van der Waals surface area (Å²) in [6.45, 7) is 5.81. The molecule has 2 bridgehead atoms. The van der Waals surface area contributed by atoms with Gasteiger partial charge in [-0.2, -0.15) is 0 Å². The molecule has 4 fully saturated rings. The van der Waals surface area contributed by atoms with Gasteiger partial charge in [-0.15, -0.1) is 0 Å². The fourth-order valence-corrected chi connectivity index (χ4v) is 9.52. The number of hydrogen-bond donors (Lipinski definition) is 0. The van der Waals surface area contributed by atoms with Gasteiger partial charge in [-0.3, -0.25) is 4.79 Å². The van der Waals surface area contributed by atoms with Crippen LogP contribution >= 0.6 is 0 Å². The number of carbonyl (C=O) groups excluding carboxylic acids is 1. The fourth-order valence-electron chi connectivity index (χ4n) is 6.87. The highest BCUT2D eigenvalue weighted by Gasteiger charge is 2.73.